The molecule has 0 saturated carbocycles. The summed E-state index contributed by atoms with van der Waals surface area (Å²) in [6, 6.07) is 0. The van der Waals surface area contributed by atoms with Gasteiger partial charge in [-0.05, 0) is 141 Å². The van der Waals surface area contributed by atoms with Gasteiger partial charge in [-0.3, -0.25) is 0 Å². The average molecular weight is 1150 g/mol. The zero-order chi connectivity index (χ0) is 51.5. The van der Waals surface area contributed by atoms with Crippen LogP contribution in [0.1, 0.15) is 141 Å². The van der Waals surface area contributed by atoms with Crippen molar-refractivity contribution in [1.82, 2.24) is 0 Å². The van der Waals surface area contributed by atoms with Crippen LogP contribution in [0.3, 0.4) is 0 Å². The topological polar surface area (TPSA) is 140 Å². The molecular formula is C55H102O14S5. The monoisotopic (exact) mass is 1150 g/mol. The largest absolute Gasteiger partial charge is 0.396 e. The number of ether oxygens (including phenoxy) is 13. The standard InChI is InChI=1S/4C12H22O3S.C7H14O2S/c1-3-11(9-13-5-1)15-7-8-16-12-4-2-6-14-10-12;1-3-7-13-11(5-1)14-9-10-16-12-6-2-4-8-15-12;1-2-7-15-12(5-1)16-9-8-14-11-4-3-6-13-10-11;1-2-7-14-12(5-1)15-8-9-16-11-4-3-6-13-10-11;8-3-5-10-7-2-1-4-9-6-7/h4*11-12H,1-10H2;7-8H,1-6H2. The normalized spacial score (nSPS) is 30.9. The van der Waals surface area contributed by atoms with E-state index >= 15 is 0 Å². The minimum Gasteiger partial charge on any atom is -0.396 e. The average Bonchev–Trinajstić information content (AvgIpc) is 3.48. The highest BCUT2D eigenvalue weighted by molar-refractivity contribution is 8.00. The van der Waals surface area contributed by atoms with Crippen LogP contribution in [0.15, 0.2) is 0 Å². The number of rotatable bonds is 23. The van der Waals surface area contributed by atoms with Gasteiger partial charge in [0.15, 0.2) is 12.6 Å². The second kappa shape index (κ2) is 46.8. The van der Waals surface area contributed by atoms with Crippen molar-refractivity contribution in [3.8, 4) is 0 Å². The molecule has 0 aromatic carbocycles. The molecule has 0 radical (unpaired) electrons. The van der Waals surface area contributed by atoms with Gasteiger partial charge in [-0.2, -0.15) is 35.3 Å². The molecule has 9 aliphatic rings. The summed E-state index contributed by atoms with van der Waals surface area (Å²) in [5, 5.41) is 10.6. The lowest BCUT2D eigenvalue weighted by molar-refractivity contribution is -0.158. The molecule has 9 fully saturated rings. The number of aliphatic hydroxyl groups is 1. The molecule has 9 saturated heterocycles. The van der Waals surface area contributed by atoms with E-state index in [0.717, 1.165) is 186 Å². The Bertz CT molecular complexity index is 967. The summed E-state index contributed by atoms with van der Waals surface area (Å²) in [4.78, 5) is 0. The number of aliphatic hydroxyl groups excluding tert-OH is 1. The lowest BCUT2D eigenvalue weighted by Gasteiger charge is -2.24. The zero-order valence-corrected chi connectivity index (χ0v) is 49.6. The van der Waals surface area contributed by atoms with E-state index in [1.807, 2.05) is 58.8 Å². The van der Waals surface area contributed by atoms with Gasteiger partial charge in [-0.25, -0.2) is 0 Å². The molecule has 9 atom stereocenters. The second-order valence-electron chi connectivity index (χ2n) is 19.9. The van der Waals surface area contributed by atoms with Crippen molar-refractivity contribution in [2.24, 2.45) is 0 Å². The maximum atomic E-state index is 8.54. The number of hydrogen-bond donors (Lipinski definition) is 1. The lowest BCUT2D eigenvalue weighted by atomic mass is 10.2. The van der Waals surface area contributed by atoms with Crippen LogP contribution in [0, 0.1) is 0 Å². The molecule has 74 heavy (non-hydrogen) atoms. The van der Waals surface area contributed by atoms with Crippen LogP contribution in [0.5, 0.6) is 0 Å². The molecule has 0 aromatic heterocycles. The summed E-state index contributed by atoms with van der Waals surface area (Å²) in [5.74, 6) is 5.07. The first-order chi connectivity index (χ1) is 36.7. The van der Waals surface area contributed by atoms with E-state index in [0.29, 0.717) is 45.4 Å². The number of hydrogen-bond acceptors (Lipinski definition) is 19. The molecule has 19 heteroatoms. The Morgan fingerprint density at radius 3 is 0.986 bits per heavy atom. The second-order valence-corrected chi connectivity index (χ2v) is 26.7. The third-order valence-corrected chi connectivity index (χ3v) is 19.6. The summed E-state index contributed by atoms with van der Waals surface area (Å²) in [6.07, 6.45) is 27.3. The Morgan fingerprint density at radius 2 is 0.662 bits per heavy atom. The SMILES string of the molecule is C1CCC(OCCSC2CCCCO2)OC1.C1CCC(OCCSC2CCCOC2)OC1.C1CCC(SCCOC2CCCOC2)OC1.C1COCC(OCCSC2CCCOC2)C1.OCCSC1CCCOC1. The number of thioether (sulfide) groups is 5. The van der Waals surface area contributed by atoms with Crippen LogP contribution in [0.4, 0.5) is 0 Å². The fourth-order valence-corrected chi connectivity index (χ4v) is 14.4. The molecule has 14 nitrogen and oxygen atoms in total. The Kier molecular flexibility index (Phi) is 41.7. The molecule has 436 valence electrons. The Morgan fingerprint density at radius 1 is 0.311 bits per heavy atom. The summed E-state index contributed by atoms with van der Waals surface area (Å²) < 4.78 is 72.2. The molecule has 1 N–H and O–H groups in total. The molecule has 0 bridgehead atoms. The minimum atomic E-state index is 0.0571. The maximum absolute atomic E-state index is 8.54. The van der Waals surface area contributed by atoms with E-state index in [2.05, 4.69) is 0 Å². The van der Waals surface area contributed by atoms with Crippen LogP contribution in [-0.4, -0.2) is 211 Å². The minimum absolute atomic E-state index is 0.0571. The highest BCUT2D eigenvalue weighted by Gasteiger charge is 2.21. The van der Waals surface area contributed by atoms with E-state index in [4.69, 9.17) is 66.7 Å². The van der Waals surface area contributed by atoms with Crippen molar-refractivity contribution < 1.29 is 66.7 Å². The van der Waals surface area contributed by atoms with Crippen molar-refractivity contribution in [2.75, 3.05) is 154 Å². The van der Waals surface area contributed by atoms with Crippen LogP contribution in [-0.2, 0) is 61.6 Å². The highest BCUT2D eigenvalue weighted by atomic mass is 32.2. The van der Waals surface area contributed by atoms with Crippen LogP contribution >= 0.6 is 58.8 Å². The van der Waals surface area contributed by atoms with Crippen LogP contribution < -0.4 is 0 Å². The highest BCUT2D eigenvalue weighted by Crippen LogP contribution is 2.26. The molecule has 0 aromatic rings. The Labute approximate surface area is 469 Å². The van der Waals surface area contributed by atoms with Gasteiger partial charge in [-0.15, -0.1) is 23.5 Å². The van der Waals surface area contributed by atoms with Gasteiger partial charge >= 0.3 is 0 Å². The van der Waals surface area contributed by atoms with E-state index < -0.39 is 0 Å². The first-order valence-electron chi connectivity index (χ1n) is 29.2. The quantitative estimate of drug-likeness (QED) is 0.0970. The Hall–Kier alpha value is 1.19. The fourth-order valence-electron chi connectivity index (χ4n) is 9.38. The summed E-state index contributed by atoms with van der Waals surface area (Å²) in [7, 11) is 0. The van der Waals surface area contributed by atoms with Crippen molar-refractivity contribution in [3.05, 3.63) is 0 Å². The van der Waals surface area contributed by atoms with E-state index in [1.165, 1.54) is 103 Å². The Balaban J connectivity index is 0.000000173. The van der Waals surface area contributed by atoms with Crippen molar-refractivity contribution >= 4 is 58.8 Å². The van der Waals surface area contributed by atoms with Crippen LogP contribution in [0.2, 0.25) is 0 Å². The summed E-state index contributed by atoms with van der Waals surface area (Å²) in [5.41, 5.74) is 0.824. The van der Waals surface area contributed by atoms with Crippen molar-refractivity contribution in [3.63, 3.8) is 0 Å². The molecule has 9 unspecified atom stereocenters. The molecule has 0 aliphatic carbocycles. The molecule has 9 heterocycles. The molecular weight excluding hydrogens is 1040 g/mol. The van der Waals surface area contributed by atoms with Crippen molar-refractivity contribution in [2.45, 2.75) is 193 Å². The molecule has 9 aliphatic heterocycles. The smallest absolute Gasteiger partial charge is 0.157 e. The first-order valence-corrected chi connectivity index (χ1v) is 34.5. The van der Waals surface area contributed by atoms with E-state index in [1.54, 1.807) is 0 Å². The molecule has 9 rings (SSSR count). The van der Waals surface area contributed by atoms with Gasteiger partial charge in [-0.1, -0.05) is 0 Å². The van der Waals surface area contributed by atoms with Crippen molar-refractivity contribution in [1.29, 1.82) is 0 Å². The van der Waals surface area contributed by atoms with Crippen LogP contribution in [0.25, 0.3) is 0 Å². The summed E-state index contributed by atoms with van der Waals surface area (Å²) in [6.45, 7) is 16.1. The van der Waals surface area contributed by atoms with Gasteiger partial charge in [0.1, 0.15) is 10.9 Å². The van der Waals surface area contributed by atoms with E-state index in [9.17, 15) is 0 Å². The van der Waals surface area contributed by atoms with Gasteiger partial charge < -0.3 is 66.7 Å². The maximum Gasteiger partial charge on any atom is 0.157 e. The first kappa shape index (κ1) is 66.0. The summed E-state index contributed by atoms with van der Waals surface area (Å²) >= 11 is 9.58. The zero-order valence-electron chi connectivity index (χ0n) is 45.5. The van der Waals surface area contributed by atoms with Gasteiger partial charge in [0.2, 0.25) is 0 Å². The predicted octanol–water partition coefficient (Wildman–Crippen LogP) is 10.7. The fraction of sp³-hybridized carbons (Fsp3) is 1.00. The van der Waals surface area contributed by atoms with Gasteiger partial charge in [0, 0.05) is 104 Å². The molecule has 0 amide bonds. The molecule has 0 spiro atoms. The lowest BCUT2D eigenvalue weighted by Crippen LogP contribution is -2.26. The van der Waals surface area contributed by atoms with Gasteiger partial charge in [0.25, 0.3) is 0 Å². The van der Waals surface area contributed by atoms with Gasteiger partial charge in [0.05, 0.1) is 78.3 Å². The third-order valence-electron chi connectivity index (χ3n) is 13.6. The third kappa shape index (κ3) is 34.5. The van der Waals surface area contributed by atoms with E-state index in [-0.39, 0.29) is 12.6 Å². The predicted molar refractivity (Wildman–Crippen MR) is 307 cm³/mol.